The van der Waals surface area contributed by atoms with Crippen LogP contribution in [0.1, 0.15) is 30.9 Å². The fraction of sp³-hybridized carbons (Fsp3) is 0.238. The Balaban J connectivity index is 1.98. The molecule has 0 atom stereocenters. The maximum absolute atomic E-state index is 13.7. The second-order valence-corrected chi connectivity index (χ2v) is 7.53. The minimum Gasteiger partial charge on any atom is -0.475 e. The van der Waals surface area contributed by atoms with Gasteiger partial charge in [-0.15, -0.1) is 0 Å². The molecule has 3 rings (SSSR count). The predicted octanol–water partition coefficient (Wildman–Crippen LogP) is 5.82. The van der Waals surface area contributed by atoms with Crippen molar-refractivity contribution in [3.8, 4) is 11.5 Å². The average Bonchev–Trinajstić information content (AvgIpc) is 3.10. The van der Waals surface area contributed by atoms with E-state index < -0.39 is 35.8 Å². The fourth-order valence-electron chi connectivity index (χ4n) is 3.05. The molecule has 0 aliphatic carbocycles. The number of carboxylic acids is 1. The van der Waals surface area contributed by atoms with E-state index in [-0.39, 0.29) is 22.4 Å². The molecule has 0 saturated heterocycles. The Morgan fingerprint density at radius 2 is 1.94 bits per heavy atom. The number of aromatic nitrogens is 1. The van der Waals surface area contributed by atoms with Crippen LogP contribution in [0.3, 0.4) is 0 Å². The number of carbonyl (C=O) groups excluding carboxylic acids is 1. The van der Waals surface area contributed by atoms with E-state index in [1.165, 1.54) is 6.07 Å². The van der Waals surface area contributed by atoms with Crippen LogP contribution >= 0.6 is 11.6 Å². The van der Waals surface area contributed by atoms with E-state index in [2.05, 4.69) is 10.3 Å². The van der Waals surface area contributed by atoms with Gasteiger partial charge in [0.1, 0.15) is 11.3 Å². The van der Waals surface area contributed by atoms with Crippen molar-refractivity contribution >= 4 is 39.9 Å². The molecule has 1 aromatic heterocycles. The zero-order valence-electron chi connectivity index (χ0n) is 16.4. The standard InChI is InChI=1S/C21H18ClF3N2O4/c1-10(2)14-8-27-17-4-3-12(7-13(14)17)31-19-15(21(23,24)25)5-11(6-16(19)22)26-9-18(28)20(29)30/h3-8,10,26-27H,9H2,1-2H3,(H,29,30). The van der Waals surface area contributed by atoms with Crippen molar-refractivity contribution in [1.29, 1.82) is 0 Å². The highest BCUT2D eigenvalue weighted by molar-refractivity contribution is 6.34. The first kappa shape index (κ1) is 22.5. The van der Waals surface area contributed by atoms with Crippen molar-refractivity contribution in [1.82, 2.24) is 4.98 Å². The monoisotopic (exact) mass is 454 g/mol. The molecule has 0 amide bonds. The number of hydrogen-bond donors (Lipinski definition) is 3. The summed E-state index contributed by atoms with van der Waals surface area (Å²) < 4.78 is 46.6. The molecule has 164 valence electrons. The molecule has 0 aliphatic heterocycles. The average molecular weight is 455 g/mol. The summed E-state index contributed by atoms with van der Waals surface area (Å²) in [6.45, 7) is 3.30. The molecule has 2 aromatic carbocycles. The normalized spacial score (nSPS) is 11.7. The van der Waals surface area contributed by atoms with Gasteiger partial charge in [0.15, 0.2) is 5.75 Å². The quantitative estimate of drug-likeness (QED) is 0.391. The predicted molar refractivity (Wildman–Crippen MR) is 110 cm³/mol. The molecule has 3 N–H and O–H groups in total. The number of Topliss-reactive ketones (excluding diaryl/α,β-unsaturated/α-hetero) is 1. The van der Waals surface area contributed by atoms with E-state index in [1.54, 1.807) is 12.1 Å². The molecule has 0 bridgehead atoms. The molecule has 0 aliphatic rings. The number of hydrogen-bond acceptors (Lipinski definition) is 4. The van der Waals surface area contributed by atoms with Gasteiger partial charge in [-0.1, -0.05) is 25.4 Å². The Morgan fingerprint density at radius 1 is 1.23 bits per heavy atom. The summed E-state index contributed by atoms with van der Waals surface area (Å²) in [6, 6.07) is 6.71. The summed E-state index contributed by atoms with van der Waals surface area (Å²) in [6.07, 6.45) is -2.97. The Kier molecular flexibility index (Phi) is 6.17. The molecule has 0 unspecified atom stereocenters. The summed E-state index contributed by atoms with van der Waals surface area (Å²) in [5.41, 5.74) is 0.483. The number of aromatic amines is 1. The third-order valence-electron chi connectivity index (χ3n) is 4.57. The van der Waals surface area contributed by atoms with Crippen LogP contribution in [0.2, 0.25) is 5.02 Å². The highest BCUT2D eigenvalue weighted by Gasteiger charge is 2.36. The van der Waals surface area contributed by atoms with Gasteiger partial charge in [0.05, 0.1) is 11.6 Å². The lowest BCUT2D eigenvalue weighted by Crippen LogP contribution is -2.22. The first-order valence-electron chi connectivity index (χ1n) is 9.17. The van der Waals surface area contributed by atoms with Crippen molar-refractivity contribution < 1.29 is 32.6 Å². The lowest BCUT2D eigenvalue weighted by Gasteiger charge is -2.17. The number of anilines is 1. The highest BCUT2D eigenvalue weighted by Crippen LogP contribution is 2.44. The number of halogens is 4. The molecule has 31 heavy (non-hydrogen) atoms. The second kappa shape index (κ2) is 8.50. The lowest BCUT2D eigenvalue weighted by molar-refractivity contribution is -0.148. The molecular weight excluding hydrogens is 437 g/mol. The topological polar surface area (TPSA) is 91.4 Å². The molecule has 10 heteroatoms. The Bertz CT molecular complexity index is 1160. The zero-order valence-corrected chi connectivity index (χ0v) is 17.2. The van der Waals surface area contributed by atoms with Crippen LogP contribution < -0.4 is 10.1 Å². The number of aliphatic carboxylic acids is 1. The summed E-state index contributed by atoms with van der Waals surface area (Å²) in [5.74, 6) is -3.13. The minimum atomic E-state index is -4.81. The van der Waals surface area contributed by atoms with Crippen molar-refractivity contribution in [2.24, 2.45) is 0 Å². The third kappa shape index (κ3) is 4.93. The van der Waals surface area contributed by atoms with E-state index >= 15 is 0 Å². The maximum Gasteiger partial charge on any atom is 0.420 e. The molecule has 0 spiro atoms. The van der Waals surface area contributed by atoms with Gasteiger partial charge in [-0.25, -0.2) is 4.79 Å². The number of ketones is 1. The molecule has 1 heterocycles. The van der Waals surface area contributed by atoms with E-state index in [0.717, 1.165) is 22.5 Å². The van der Waals surface area contributed by atoms with Crippen LogP contribution in [-0.4, -0.2) is 28.4 Å². The van der Waals surface area contributed by atoms with Gasteiger partial charge >= 0.3 is 12.1 Å². The van der Waals surface area contributed by atoms with Crippen LogP contribution in [0.25, 0.3) is 10.9 Å². The third-order valence-corrected chi connectivity index (χ3v) is 4.85. The number of nitrogens with one attached hydrogen (secondary N) is 2. The van der Waals surface area contributed by atoms with E-state index in [9.17, 15) is 22.8 Å². The number of rotatable bonds is 7. The molecule has 3 aromatic rings. The number of H-pyrrole nitrogens is 1. The highest BCUT2D eigenvalue weighted by atomic mass is 35.5. The second-order valence-electron chi connectivity index (χ2n) is 7.12. The number of alkyl halides is 3. The number of carbonyl (C=O) groups is 2. The van der Waals surface area contributed by atoms with Crippen molar-refractivity contribution in [2.45, 2.75) is 25.9 Å². The summed E-state index contributed by atoms with van der Waals surface area (Å²) in [4.78, 5) is 24.9. The van der Waals surface area contributed by atoms with Gasteiger partial charge in [-0.05, 0) is 41.8 Å². The van der Waals surface area contributed by atoms with E-state index in [1.807, 2.05) is 20.0 Å². The minimum absolute atomic E-state index is 0.164. The van der Waals surface area contributed by atoms with Crippen molar-refractivity contribution in [3.05, 3.63) is 52.7 Å². The number of fused-ring (bicyclic) bond motifs is 1. The summed E-state index contributed by atoms with van der Waals surface area (Å²) in [5, 5.41) is 11.4. The Hall–Kier alpha value is -3.20. The lowest BCUT2D eigenvalue weighted by atomic mass is 10.0. The number of benzene rings is 2. The van der Waals surface area contributed by atoms with Crippen LogP contribution in [-0.2, 0) is 15.8 Å². The fourth-order valence-corrected chi connectivity index (χ4v) is 3.31. The van der Waals surface area contributed by atoms with Crippen LogP contribution in [0, 0.1) is 0 Å². The Labute approximate surface area is 180 Å². The first-order chi connectivity index (χ1) is 14.5. The van der Waals surface area contributed by atoms with Gasteiger partial charge < -0.3 is 20.1 Å². The molecule has 0 radical (unpaired) electrons. The molecular formula is C21H18ClF3N2O4. The van der Waals surface area contributed by atoms with E-state index in [4.69, 9.17) is 21.4 Å². The SMILES string of the molecule is CC(C)c1c[nH]c2ccc(Oc3c(Cl)cc(NCC(=O)C(=O)O)cc3C(F)(F)F)cc12. The molecule has 0 fully saturated rings. The number of carboxylic acid groups (broad SMARTS) is 1. The number of ether oxygens (including phenoxy) is 1. The van der Waals surface area contributed by atoms with Gasteiger partial charge in [0.2, 0.25) is 0 Å². The van der Waals surface area contributed by atoms with Crippen LogP contribution in [0.4, 0.5) is 18.9 Å². The van der Waals surface area contributed by atoms with Gasteiger partial charge in [0, 0.05) is 22.8 Å². The first-order valence-corrected chi connectivity index (χ1v) is 9.54. The van der Waals surface area contributed by atoms with Gasteiger partial charge in [0.25, 0.3) is 5.78 Å². The summed E-state index contributed by atoms with van der Waals surface area (Å²) in [7, 11) is 0. The van der Waals surface area contributed by atoms with Crippen molar-refractivity contribution in [2.75, 3.05) is 11.9 Å². The zero-order chi connectivity index (χ0) is 22.9. The molecule has 6 nitrogen and oxygen atoms in total. The Morgan fingerprint density at radius 3 is 2.55 bits per heavy atom. The van der Waals surface area contributed by atoms with Gasteiger partial charge in [-0.3, -0.25) is 4.79 Å². The molecule has 0 saturated carbocycles. The van der Waals surface area contributed by atoms with Crippen molar-refractivity contribution in [3.63, 3.8) is 0 Å². The maximum atomic E-state index is 13.7. The van der Waals surface area contributed by atoms with Crippen LogP contribution in [0.15, 0.2) is 36.5 Å². The van der Waals surface area contributed by atoms with Gasteiger partial charge in [-0.2, -0.15) is 13.2 Å². The largest absolute Gasteiger partial charge is 0.475 e. The van der Waals surface area contributed by atoms with E-state index in [0.29, 0.717) is 6.07 Å². The smallest absolute Gasteiger partial charge is 0.420 e. The van der Waals surface area contributed by atoms with Crippen LogP contribution in [0.5, 0.6) is 11.5 Å². The summed E-state index contributed by atoms with van der Waals surface area (Å²) >= 11 is 6.07.